The molecule has 0 unspecified atom stereocenters. The molecular weight excluding hydrogens is 426 g/mol. The van der Waals surface area contributed by atoms with Gasteiger partial charge in [-0.2, -0.15) is 0 Å². The van der Waals surface area contributed by atoms with E-state index < -0.39 is 0 Å². The number of benzene rings is 2. The van der Waals surface area contributed by atoms with Crippen molar-refractivity contribution in [1.29, 1.82) is 0 Å². The predicted octanol–water partition coefficient (Wildman–Crippen LogP) is 5.56. The molecule has 0 saturated carbocycles. The van der Waals surface area contributed by atoms with E-state index in [2.05, 4.69) is 17.1 Å². The van der Waals surface area contributed by atoms with Gasteiger partial charge in [-0.3, -0.25) is 14.7 Å². The molecule has 0 bridgehead atoms. The van der Waals surface area contributed by atoms with E-state index in [-0.39, 0.29) is 5.91 Å². The molecule has 31 heavy (non-hydrogen) atoms. The normalized spacial score (nSPS) is 10.9. The molecule has 0 fully saturated rings. The molecule has 0 aliphatic heterocycles. The minimum atomic E-state index is 0.0238. The fourth-order valence-corrected chi connectivity index (χ4v) is 4.96. The van der Waals surface area contributed by atoms with Crippen molar-refractivity contribution >= 4 is 44.4 Å². The first-order valence-corrected chi connectivity index (χ1v) is 12.1. The maximum atomic E-state index is 13.2. The molecule has 0 aliphatic carbocycles. The minimum absolute atomic E-state index is 0.0238. The molecule has 158 valence electrons. The first-order valence-electron chi connectivity index (χ1n) is 10.1. The van der Waals surface area contributed by atoms with Gasteiger partial charge in [-0.1, -0.05) is 47.7 Å². The Balaban J connectivity index is 1.54. The number of nitrogens with zero attached hydrogens (tertiary/aromatic N) is 3. The predicted molar refractivity (Wildman–Crippen MR) is 129 cm³/mol. The number of carbonyl (C=O) groups excluding carboxylic acids is 1. The summed E-state index contributed by atoms with van der Waals surface area (Å²) in [4.78, 5) is 24.1. The van der Waals surface area contributed by atoms with Crippen LogP contribution >= 0.6 is 23.1 Å². The van der Waals surface area contributed by atoms with Crippen molar-refractivity contribution in [3.8, 4) is 5.75 Å². The summed E-state index contributed by atoms with van der Waals surface area (Å²) in [7, 11) is 0. The van der Waals surface area contributed by atoms with Gasteiger partial charge in [0.25, 0.3) is 0 Å². The van der Waals surface area contributed by atoms with Gasteiger partial charge in [0.15, 0.2) is 5.13 Å². The Hall–Kier alpha value is -2.90. The third kappa shape index (κ3) is 5.62. The van der Waals surface area contributed by atoms with Crippen molar-refractivity contribution < 1.29 is 9.53 Å². The number of anilines is 1. The molecular formula is C24H23N3O2S2. The number of carbonyl (C=O) groups is 1. The zero-order valence-electron chi connectivity index (χ0n) is 17.2. The van der Waals surface area contributed by atoms with Gasteiger partial charge in [0.05, 0.1) is 34.8 Å². The van der Waals surface area contributed by atoms with Crippen LogP contribution in [0.25, 0.3) is 10.2 Å². The molecule has 2 aromatic heterocycles. The topological polar surface area (TPSA) is 55.3 Å². The number of thiazole rings is 1. The number of fused-ring (bicyclic) bond motifs is 1. The molecule has 4 aromatic rings. The Labute approximate surface area is 190 Å². The second-order valence-electron chi connectivity index (χ2n) is 6.84. The number of hydrogen-bond acceptors (Lipinski definition) is 6. The van der Waals surface area contributed by atoms with Gasteiger partial charge in [-0.15, -0.1) is 11.8 Å². The molecule has 4 rings (SSSR count). The number of pyridine rings is 1. The van der Waals surface area contributed by atoms with E-state index in [1.54, 1.807) is 22.9 Å². The molecule has 2 heterocycles. The third-order valence-electron chi connectivity index (χ3n) is 4.57. The van der Waals surface area contributed by atoms with Crippen LogP contribution in [0.15, 0.2) is 72.9 Å². The van der Waals surface area contributed by atoms with Gasteiger partial charge in [-0.05, 0) is 42.8 Å². The Kier molecular flexibility index (Phi) is 7.17. The Morgan fingerprint density at radius 2 is 1.94 bits per heavy atom. The lowest BCUT2D eigenvalue weighted by Crippen LogP contribution is -2.32. The number of amides is 1. The SMILES string of the molecule is CCOc1ccc2nc(N(Cc3ccccn3)C(=O)CSCc3ccccc3)sc2c1. The average Bonchev–Trinajstić information content (AvgIpc) is 3.22. The zero-order chi connectivity index (χ0) is 21.5. The van der Waals surface area contributed by atoms with Crippen molar-refractivity contribution in [2.24, 2.45) is 0 Å². The lowest BCUT2D eigenvalue weighted by atomic mass is 10.2. The van der Waals surface area contributed by atoms with Gasteiger partial charge in [0.2, 0.25) is 5.91 Å². The highest BCUT2D eigenvalue weighted by atomic mass is 32.2. The lowest BCUT2D eigenvalue weighted by molar-refractivity contribution is -0.116. The highest BCUT2D eigenvalue weighted by Crippen LogP contribution is 2.32. The summed E-state index contributed by atoms with van der Waals surface area (Å²) in [6.07, 6.45) is 1.74. The second kappa shape index (κ2) is 10.4. The molecule has 0 spiro atoms. The van der Waals surface area contributed by atoms with Gasteiger partial charge in [-0.25, -0.2) is 4.98 Å². The Morgan fingerprint density at radius 3 is 2.71 bits per heavy atom. The third-order valence-corrected chi connectivity index (χ3v) is 6.60. The number of ether oxygens (including phenoxy) is 1. The van der Waals surface area contributed by atoms with Crippen LogP contribution in [0.5, 0.6) is 5.75 Å². The quantitative estimate of drug-likeness (QED) is 0.335. The lowest BCUT2D eigenvalue weighted by Gasteiger charge is -2.19. The van der Waals surface area contributed by atoms with E-state index in [9.17, 15) is 4.79 Å². The fraction of sp³-hybridized carbons (Fsp3) is 0.208. The highest BCUT2D eigenvalue weighted by Gasteiger charge is 2.21. The van der Waals surface area contributed by atoms with Gasteiger partial charge < -0.3 is 4.74 Å². The van der Waals surface area contributed by atoms with E-state index in [1.165, 1.54) is 16.9 Å². The van der Waals surface area contributed by atoms with Crippen molar-refractivity contribution in [3.05, 3.63) is 84.2 Å². The zero-order valence-corrected chi connectivity index (χ0v) is 18.9. The van der Waals surface area contributed by atoms with Crippen molar-refractivity contribution in [3.63, 3.8) is 0 Å². The fourth-order valence-electron chi connectivity index (χ4n) is 3.09. The Bertz CT molecular complexity index is 1130. The van der Waals surface area contributed by atoms with Gasteiger partial charge in [0.1, 0.15) is 5.75 Å². The summed E-state index contributed by atoms with van der Waals surface area (Å²) in [6.45, 7) is 2.96. The number of hydrogen-bond donors (Lipinski definition) is 0. The molecule has 0 aliphatic rings. The molecule has 2 aromatic carbocycles. The van der Waals surface area contributed by atoms with Crippen molar-refractivity contribution in [2.75, 3.05) is 17.3 Å². The summed E-state index contributed by atoms with van der Waals surface area (Å²) >= 11 is 3.11. The van der Waals surface area contributed by atoms with Crippen LogP contribution in [0.3, 0.4) is 0 Å². The van der Waals surface area contributed by atoms with Crippen molar-refractivity contribution in [2.45, 2.75) is 19.2 Å². The summed E-state index contributed by atoms with van der Waals surface area (Å²) in [6, 6.07) is 21.7. The largest absolute Gasteiger partial charge is 0.494 e. The van der Waals surface area contributed by atoms with E-state index in [0.29, 0.717) is 24.0 Å². The van der Waals surface area contributed by atoms with Crippen LogP contribution < -0.4 is 9.64 Å². The van der Waals surface area contributed by atoms with Gasteiger partial charge in [0, 0.05) is 11.9 Å². The number of aromatic nitrogens is 2. The van der Waals surface area contributed by atoms with Crippen LogP contribution in [0.1, 0.15) is 18.2 Å². The minimum Gasteiger partial charge on any atom is -0.494 e. The molecule has 0 radical (unpaired) electrons. The molecule has 7 heteroatoms. The number of rotatable bonds is 9. The monoisotopic (exact) mass is 449 g/mol. The molecule has 0 saturated heterocycles. The van der Waals surface area contributed by atoms with E-state index in [4.69, 9.17) is 9.72 Å². The molecule has 0 atom stereocenters. The van der Waals surface area contributed by atoms with Crippen LogP contribution in [0.2, 0.25) is 0 Å². The summed E-state index contributed by atoms with van der Waals surface area (Å²) in [5.74, 6) is 2.01. The smallest absolute Gasteiger partial charge is 0.239 e. The van der Waals surface area contributed by atoms with Gasteiger partial charge >= 0.3 is 0 Å². The summed E-state index contributed by atoms with van der Waals surface area (Å²) in [5, 5.41) is 0.680. The second-order valence-corrected chi connectivity index (χ2v) is 8.83. The maximum absolute atomic E-state index is 13.2. The van der Waals surface area contributed by atoms with E-state index in [0.717, 1.165) is 27.4 Å². The van der Waals surface area contributed by atoms with Crippen molar-refractivity contribution in [1.82, 2.24) is 9.97 Å². The highest BCUT2D eigenvalue weighted by molar-refractivity contribution is 7.99. The van der Waals surface area contributed by atoms with Crippen LogP contribution in [0, 0.1) is 0 Å². The Morgan fingerprint density at radius 1 is 1.10 bits per heavy atom. The number of thioether (sulfide) groups is 1. The summed E-state index contributed by atoms with van der Waals surface area (Å²) < 4.78 is 6.60. The van der Waals surface area contributed by atoms with Crippen LogP contribution in [-0.2, 0) is 17.1 Å². The van der Waals surface area contributed by atoms with Crippen LogP contribution in [-0.4, -0.2) is 28.2 Å². The first kappa shape index (κ1) is 21.3. The van der Waals surface area contributed by atoms with E-state index >= 15 is 0 Å². The van der Waals surface area contributed by atoms with E-state index in [1.807, 2.05) is 61.5 Å². The first-order chi connectivity index (χ1) is 15.2. The average molecular weight is 450 g/mol. The molecule has 0 N–H and O–H groups in total. The summed E-state index contributed by atoms with van der Waals surface area (Å²) in [5.41, 5.74) is 2.90. The maximum Gasteiger partial charge on any atom is 0.239 e. The standard InChI is InChI=1S/C24H23N3O2S2/c1-2-29-20-11-12-21-22(14-20)31-24(26-21)27(15-19-10-6-7-13-25-19)23(28)17-30-16-18-8-4-3-5-9-18/h3-14H,2,15-17H2,1H3. The molecule has 1 amide bonds. The van der Waals surface area contributed by atoms with Crippen LogP contribution in [0.4, 0.5) is 5.13 Å². The molecule has 5 nitrogen and oxygen atoms in total.